The lowest BCUT2D eigenvalue weighted by atomic mass is 10.1. The van der Waals surface area contributed by atoms with Gasteiger partial charge >= 0.3 is 0 Å². The minimum Gasteiger partial charge on any atom is -0.493 e. The minimum atomic E-state index is 0.402. The average Bonchev–Trinajstić information content (AvgIpc) is 3.15. The first-order chi connectivity index (χ1) is 13.9. The molecule has 0 aliphatic carbocycles. The Morgan fingerprint density at radius 1 is 1.07 bits per heavy atom. The highest BCUT2D eigenvalue weighted by Gasteiger charge is 2.12. The highest BCUT2D eigenvalue weighted by Crippen LogP contribution is 2.29. The van der Waals surface area contributed by atoms with Crippen LogP contribution in [0.3, 0.4) is 0 Å². The van der Waals surface area contributed by atoms with Crippen LogP contribution in [0.1, 0.15) is 39.5 Å². The lowest BCUT2D eigenvalue weighted by Gasteiger charge is -2.13. The third-order valence-corrected chi connectivity index (χ3v) is 5.32. The van der Waals surface area contributed by atoms with Crippen molar-refractivity contribution in [2.45, 2.75) is 47.3 Å². The fourth-order valence-corrected chi connectivity index (χ4v) is 3.42. The summed E-state index contributed by atoms with van der Waals surface area (Å²) in [5, 5.41) is 11.9. The summed E-state index contributed by atoms with van der Waals surface area (Å²) in [6.07, 6.45) is 0.960. The van der Waals surface area contributed by atoms with Gasteiger partial charge in [-0.1, -0.05) is 11.2 Å². The molecule has 0 atom stereocenters. The van der Waals surface area contributed by atoms with E-state index in [4.69, 9.17) is 14.0 Å². The van der Waals surface area contributed by atoms with Crippen molar-refractivity contribution >= 4 is 0 Å². The molecule has 29 heavy (non-hydrogen) atoms. The van der Waals surface area contributed by atoms with E-state index in [1.54, 1.807) is 7.11 Å². The fraction of sp³-hybridized carbons (Fsp3) is 0.455. The van der Waals surface area contributed by atoms with Gasteiger partial charge in [-0.25, -0.2) is 0 Å². The first-order valence-corrected chi connectivity index (χ1v) is 9.82. The van der Waals surface area contributed by atoms with Gasteiger partial charge in [-0.05, 0) is 63.9 Å². The number of aryl methyl sites for hydroxylation is 4. The van der Waals surface area contributed by atoms with Crippen LogP contribution in [0.2, 0.25) is 0 Å². The number of hydrogen-bond acceptors (Lipinski definition) is 6. The number of hydrogen-bond donors (Lipinski definition) is 1. The molecule has 1 aromatic carbocycles. The second kappa shape index (κ2) is 9.13. The minimum absolute atomic E-state index is 0.402. The van der Waals surface area contributed by atoms with Crippen LogP contribution in [0.4, 0.5) is 0 Å². The lowest BCUT2D eigenvalue weighted by Crippen LogP contribution is -2.17. The SMILES string of the molecule is COc1cc(CNCCc2c(C)nn(C)c2C)ccc1OCc1c(C)noc1C. The van der Waals surface area contributed by atoms with Gasteiger partial charge in [-0.15, -0.1) is 0 Å². The molecule has 0 bridgehead atoms. The van der Waals surface area contributed by atoms with Crippen LogP contribution in [-0.4, -0.2) is 28.6 Å². The molecule has 0 fully saturated rings. The molecule has 7 heteroatoms. The summed E-state index contributed by atoms with van der Waals surface area (Å²) in [5.41, 5.74) is 6.62. The molecule has 0 spiro atoms. The van der Waals surface area contributed by atoms with Crippen LogP contribution in [0.25, 0.3) is 0 Å². The Labute approximate surface area is 172 Å². The van der Waals surface area contributed by atoms with Crippen molar-refractivity contribution < 1.29 is 14.0 Å². The highest BCUT2D eigenvalue weighted by molar-refractivity contribution is 5.43. The molecule has 1 N–H and O–H groups in total. The van der Waals surface area contributed by atoms with E-state index in [9.17, 15) is 0 Å². The Morgan fingerprint density at radius 2 is 1.86 bits per heavy atom. The van der Waals surface area contributed by atoms with E-state index in [2.05, 4.69) is 35.5 Å². The van der Waals surface area contributed by atoms with Gasteiger partial charge in [0.2, 0.25) is 0 Å². The summed E-state index contributed by atoms with van der Waals surface area (Å²) in [6, 6.07) is 6.01. The zero-order valence-corrected chi connectivity index (χ0v) is 18.1. The zero-order valence-electron chi connectivity index (χ0n) is 18.1. The predicted octanol–water partition coefficient (Wildman–Crippen LogP) is 3.56. The molecular weight excluding hydrogens is 368 g/mol. The van der Waals surface area contributed by atoms with Crippen LogP contribution in [0.5, 0.6) is 11.5 Å². The monoisotopic (exact) mass is 398 g/mol. The van der Waals surface area contributed by atoms with Crippen LogP contribution in [-0.2, 0) is 26.6 Å². The Balaban J connectivity index is 1.55. The van der Waals surface area contributed by atoms with E-state index in [1.807, 2.05) is 37.7 Å². The van der Waals surface area contributed by atoms with Gasteiger partial charge in [0.05, 0.1) is 24.1 Å². The Kier molecular flexibility index (Phi) is 6.59. The number of nitrogens with zero attached hydrogens (tertiary/aromatic N) is 3. The van der Waals surface area contributed by atoms with Gasteiger partial charge in [-0.2, -0.15) is 5.10 Å². The molecule has 156 valence electrons. The highest BCUT2D eigenvalue weighted by atomic mass is 16.5. The van der Waals surface area contributed by atoms with Crippen LogP contribution < -0.4 is 14.8 Å². The van der Waals surface area contributed by atoms with E-state index in [0.29, 0.717) is 12.4 Å². The van der Waals surface area contributed by atoms with E-state index < -0.39 is 0 Å². The second-order valence-electron chi connectivity index (χ2n) is 7.28. The lowest BCUT2D eigenvalue weighted by molar-refractivity contribution is 0.281. The molecule has 0 aliphatic rings. The zero-order chi connectivity index (χ0) is 21.0. The van der Waals surface area contributed by atoms with Crippen molar-refractivity contribution in [2.24, 2.45) is 7.05 Å². The van der Waals surface area contributed by atoms with Crippen molar-refractivity contribution in [3.8, 4) is 11.5 Å². The molecule has 0 radical (unpaired) electrons. The smallest absolute Gasteiger partial charge is 0.161 e. The van der Waals surface area contributed by atoms with Gasteiger partial charge in [-0.3, -0.25) is 4.68 Å². The molecule has 0 aliphatic heterocycles. The van der Waals surface area contributed by atoms with Crippen LogP contribution >= 0.6 is 0 Å². The van der Waals surface area contributed by atoms with E-state index in [1.165, 1.54) is 11.3 Å². The topological polar surface area (TPSA) is 74.3 Å². The molecule has 0 unspecified atom stereocenters. The fourth-order valence-electron chi connectivity index (χ4n) is 3.42. The van der Waals surface area contributed by atoms with Gasteiger partial charge < -0.3 is 19.3 Å². The van der Waals surface area contributed by atoms with Gasteiger partial charge in [0.15, 0.2) is 11.5 Å². The standard InChI is InChI=1S/C22H30N4O3/c1-14-19(16(3)26(5)24-14)9-10-23-12-18-7-8-21(22(11-18)27-6)28-13-20-15(2)25-29-17(20)4/h7-8,11,23H,9-10,12-13H2,1-6H3. The molecule has 2 heterocycles. The van der Waals surface area contributed by atoms with E-state index in [-0.39, 0.29) is 0 Å². The molecule has 0 saturated carbocycles. The first kappa shape index (κ1) is 20.9. The molecule has 7 nitrogen and oxygen atoms in total. The van der Waals surface area contributed by atoms with Gasteiger partial charge in [0.25, 0.3) is 0 Å². The molecule has 3 aromatic rings. The summed E-state index contributed by atoms with van der Waals surface area (Å²) in [4.78, 5) is 0. The number of nitrogens with one attached hydrogen (secondary N) is 1. The van der Waals surface area contributed by atoms with E-state index >= 15 is 0 Å². The Bertz CT molecular complexity index is 955. The molecule has 0 saturated heterocycles. The second-order valence-corrected chi connectivity index (χ2v) is 7.28. The maximum Gasteiger partial charge on any atom is 0.161 e. The number of ether oxygens (including phenoxy) is 2. The molecular formula is C22H30N4O3. The summed E-state index contributed by atoms with van der Waals surface area (Å²) in [5.74, 6) is 2.20. The molecule has 3 rings (SSSR count). The van der Waals surface area contributed by atoms with Crippen molar-refractivity contribution in [1.29, 1.82) is 0 Å². The first-order valence-electron chi connectivity index (χ1n) is 9.82. The average molecular weight is 399 g/mol. The maximum absolute atomic E-state index is 5.95. The number of rotatable bonds is 9. The van der Waals surface area contributed by atoms with Crippen molar-refractivity contribution in [2.75, 3.05) is 13.7 Å². The normalized spacial score (nSPS) is 11.1. The van der Waals surface area contributed by atoms with E-state index in [0.717, 1.165) is 53.5 Å². The van der Waals surface area contributed by atoms with Crippen LogP contribution in [0, 0.1) is 27.7 Å². The van der Waals surface area contributed by atoms with Crippen molar-refractivity contribution in [1.82, 2.24) is 20.3 Å². The largest absolute Gasteiger partial charge is 0.493 e. The summed E-state index contributed by atoms with van der Waals surface area (Å²) >= 11 is 0. The summed E-state index contributed by atoms with van der Waals surface area (Å²) < 4.78 is 18.6. The Morgan fingerprint density at radius 3 is 2.48 bits per heavy atom. The maximum atomic E-state index is 5.95. The van der Waals surface area contributed by atoms with Gasteiger partial charge in [0.1, 0.15) is 12.4 Å². The third kappa shape index (κ3) is 4.79. The van der Waals surface area contributed by atoms with Crippen molar-refractivity contribution in [3.05, 3.63) is 57.7 Å². The summed E-state index contributed by atoms with van der Waals surface area (Å²) in [6.45, 7) is 10.0. The quantitative estimate of drug-likeness (QED) is 0.556. The molecule has 2 aromatic heterocycles. The molecule has 0 amide bonds. The number of benzene rings is 1. The van der Waals surface area contributed by atoms with Gasteiger partial charge in [0, 0.05) is 19.3 Å². The van der Waals surface area contributed by atoms with Crippen molar-refractivity contribution in [3.63, 3.8) is 0 Å². The van der Waals surface area contributed by atoms with Crippen LogP contribution in [0.15, 0.2) is 22.7 Å². The summed E-state index contributed by atoms with van der Waals surface area (Å²) in [7, 11) is 3.64. The predicted molar refractivity (Wildman–Crippen MR) is 111 cm³/mol. The third-order valence-electron chi connectivity index (χ3n) is 5.32. The Hall–Kier alpha value is -2.80. The number of methoxy groups -OCH3 is 1. The number of aromatic nitrogens is 3.